The van der Waals surface area contributed by atoms with Crippen LogP contribution in [-0.4, -0.2) is 47.0 Å². The standard InChI is InChI=1S/C33H39N3O4/c1-23-14-11-12-19-26(23)22-34-30(37)27-20-13-21-36(27)31(38)29(35-32(39)40-33(2,3)4)28(24-15-7-5-8-16-24)25-17-9-6-10-18-25/h5-12,14-19,27-29H,13,20-22H2,1-4H3,(H,34,37)(H,35,39)/t27-,29+/m0/s1. The van der Waals surface area contributed by atoms with Crippen molar-refractivity contribution in [1.82, 2.24) is 15.5 Å². The molecule has 0 unspecified atom stereocenters. The van der Waals surface area contributed by atoms with Crippen LogP contribution in [0.2, 0.25) is 0 Å². The number of hydrogen-bond donors (Lipinski definition) is 2. The second kappa shape index (κ2) is 12.8. The molecule has 1 aliphatic rings. The van der Waals surface area contributed by atoms with E-state index in [2.05, 4.69) is 10.6 Å². The molecule has 3 aromatic rings. The third-order valence-corrected chi connectivity index (χ3v) is 7.14. The molecular formula is C33H39N3O4. The van der Waals surface area contributed by atoms with Crippen LogP contribution in [0.25, 0.3) is 0 Å². The van der Waals surface area contributed by atoms with E-state index in [-0.39, 0.29) is 11.8 Å². The number of hydrogen-bond acceptors (Lipinski definition) is 4. The van der Waals surface area contributed by atoms with Gasteiger partial charge in [0.15, 0.2) is 0 Å². The van der Waals surface area contributed by atoms with Crippen LogP contribution in [0.4, 0.5) is 4.79 Å². The maximum absolute atomic E-state index is 14.4. The minimum absolute atomic E-state index is 0.193. The Morgan fingerprint density at radius 2 is 1.48 bits per heavy atom. The Bertz CT molecular complexity index is 1260. The number of nitrogens with zero attached hydrogens (tertiary/aromatic N) is 1. The Morgan fingerprint density at radius 1 is 0.900 bits per heavy atom. The Labute approximate surface area is 236 Å². The zero-order chi connectivity index (χ0) is 28.7. The molecular weight excluding hydrogens is 502 g/mol. The number of amides is 3. The van der Waals surface area contributed by atoms with Crippen LogP contribution in [0.5, 0.6) is 0 Å². The molecule has 3 amide bonds. The molecule has 1 saturated heterocycles. The molecule has 0 spiro atoms. The largest absolute Gasteiger partial charge is 0.444 e. The SMILES string of the molecule is Cc1ccccc1CNC(=O)[C@@H]1CCCN1C(=O)[C@H](NC(=O)OC(C)(C)C)C(c1ccccc1)c1ccccc1. The van der Waals surface area contributed by atoms with Gasteiger partial charge in [-0.1, -0.05) is 84.9 Å². The highest BCUT2D eigenvalue weighted by molar-refractivity contribution is 5.93. The van der Waals surface area contributed by atoms with Gasteiger partial charge < -0.3 is 20.3 Å². The summed E-state index contributed by atoms with van der Waals surface area (Å²) in [6, 6.07) is 25.6. The first kappa shape index (κ1) is 28.9. The Kier molecular flexibility index (Phi) is 9.25. The van der Waals surface area contributed by atoms with Gasteiger partial charge in [0.2, 0.25) is 11.8 Å². The van der Waals surface area contributed by atoms with Crippen LogP contribution in [0.1, 0.15) is 61.8 Å². The molecule has 1 fully saturated rings. The molecule has 4 rings (SSSR count). The summed E-state index contributed by atoms with van der Waals surface area (Å²) in [5, 5.41) is 5.91. The van der Waals surface area contributed by atoms with Crippen molar-refractivity contribution >= 4 is 17.9 Å². The van der Waals surface area contributed by atoms with E-state index in [4.69, 9.17) is 4.74 Å². The molecule has 0 radical (unpaired) electrons. The fourth-order valence-electron chi connectivity index (χ4n) is 5.21. The molecule has 3 aromatic carbocycles. The number of nitrogens with one attached hydrogen (secondary N) is 2. The monoisotopic (exact) mass is 541 g/mol. The highest BCUT2D eigenvalue weighted by Crippen LogP contribution is 2.31. The first-order valence-corrected chi connectivity index (χ1v) is 13.9. The van der Waals surface area contributed by atoms with Crippen molar-refractivity contribution in [2.75, 3.05) is 6.54 Å². The molecule has 2 atom stereocenters. The molecule has 0 aliphatic carbocycles. The van der Waals surface area contributed by atoms with Crippen LogP contribution >= 0.6 is 0 Å². The summed E-state index contributed by atoms with van der Waals surface area (Å²) in [7, 11) is 0. The third-order valence-electron chi connectivity index (χ3n) is 7.14. The second-order valence-corrected chi connectivity index (χ2v) is 11.3. The van der Waals surface area contributed by atoms with Gasteiger partial charge in [0.1, 0.15) is 17.7 Å². The summed E-state index contributed by atoms with van der Waals surface area (Å²) in [4.78, 5) is 42.4. The number of rotatable bonds is 8. The van der Waals surface area contributed by atoms with Gasteiger partial charge in [-0.3, -0.25) is 9.59 Å². The van der Waals surface area contributed by atoms with Crippen molar-refractivity contribution in [3.63, 3.8) is 0 Å². The Morgan fingerprint density at radius 3 is 2.05 bits per heavy atom. The van der Waals surface area contributed by atoms with Gasteiger partial charge in [-0.2, -0.15) is 0 Å². The van der Waals surface area contributed by atoms with Crippen molar-refractivity contribution in [1.29, 1.82) is 0 Å². The molecule has 2 N–H and O–H groups in total. The lowest BCUT2D eigenvalue weighted by Crippen LogP contribution is -2.56. The number of benzene rings is 3. The lowest BCUT2D eigenvalue weighted by Gasteiger charge is -2.34. The molecule has 210 valence electrons. The van der Waals surface area contributed by atoms with Gasteiger partial charge in [0.05, 0.1) is 0 Å². The van der Waals surface area contributed by atoms with E-state index in [1.807, 2.05) is 91.9 Å². The molecule has 1 aliphatic heterocycles. The lowest BCUT2D eigenvalue weighted by atomic mass is 9.84. The second-order valence-electron chi connectivity index (χ2n) is 11.3. The quantitative estimate of drug-likeness (QED) is 0.404. The minimum atomic E-state index is -0.982. The van der Waals surface area contributed by atoms with E-state index in [1.165, 1.54) is 0 Å². The van der Waals surface area contributed by atoms with E-state index in [1.54, 1.807) is 25.7 Å². The van der Waals surface area contributed by atoms with Crippen molar-refractivity contribution < 1.29 is 19.1 Å². The van der Waals surface area contributed by atoms with Crippen LogP contribution in [-0.2, 0) is 20.9 Å². The smallest absolute Gasteiger partial charge is 0.408 e. The summed E-state index contributed by atoms with van der Waals surface area (Å²) >= 11 is 0. The van der Waals surface area contributed by atoms with Crippen molar-refractivity contribution in [3.05, 3.63) is 107 Å². The van der Waals surface area contributed by atoms with Crippen LogP contribution in [0.15, 0.2) is 84.9 Å². The van der Waals surface area contributed by atoms with Crippen molar-refractivity contribution in [2.24, 2.45) is 0 Å². The van der Waals surface area contributed by atoms with Crippen LogP contribution in [0, 0.1) is 6.92 Å². The molecule has 0 bridgehead atoms. The van der Waals surface area contributed by atoms with Gasteiger partial charge >= 0.3 is 6.09 Å². The lowest BCUT2D eigenvalue weighted by molar-refractivity contribution is -0.140. The van der Waals surface area contributed by atoms with E-state index < -0.39 is 29.7 Å². The third kappa shape index (κ3) is 7.29. The molecule has 0 aromatic heterocycles. The Balaban J connectivity index is 1.64. The van der Waals surface area contributed by atoms with Crippen LogP contribution < -0.4 is 10.6 Å². The summed E-state index contributed by atoms with van der Waals surface area (Å²) in [5.41, 5.74) is 3.14. The molecule has 7 nitrogen and oxygen atoms in total. The summed E-state index contributed by atoms with van der Waals surface area (Å²) in [5.74, 6) is -0.989. The van der Waals surface area contributed by atoms with Gasteiger partial charge in [0, 0.05) is 19.0 Å². The predicted molar refractivity (Wildman–Crippen MR) is 156 cm³/mol. The van der Waals surface area contributed by atoms with E-state index in [0.717, 1.165) is 22.3 Å². The van der Waals surface area contributed by atoms with Gasteiger partial charge in [-0.25, -0.2) is 4.79 Å². The van der Waals surface area contributed by atoms with Crippen molar-refractivity contribution in [2.45, 2.75) is 70.7 Å². The number of likely N-dealkylation sites (tertiary alicyclic amines) is 1. The number of ether oxygens (including phenoxy) is 1. The summed E-state index contributed by atoms with van der Waals surface area (Å²) in [6.07, 6.45) is 0.586. The average Bonchev–Trinajstić information content (AvgIpc) is 3.42. The molecule has 7 heteroatoms. The maximum Gasteiger partial charge on any atom is 0.408 e. The average molecular weight is 542 g/mol. The number of alkyl carbamates (subject to hydrolysis) is 1. The number of carbonyl (C=O) groups is 3. The highest BCUT2D eigenvalue weighted by atomic mass is 16.6. The molecule has 40 heavy (non-hydrogen) atoms. The van der Waals surface area contributed by atoms with E-state index >= 15 is 0 Å². The van der Waals surface area contributed by atoms with Gasteiger partial charge in [-0.15, -0.1) is 0 Å². The van der Waals surface area contributed by atoms with Crippen LogP contribution in [0.3, 0.4) is 0 Å². The topological polar surface area (TPSA) is 87.7 Å². The maximum atomic E-state index is 14.4. The molecule has 0 saturated carbocycles. The summed E-state index contributed by atoms with van der Waals surface area (Å²) in [6.45, 7) is 8.18. The van der Waals surface area contributed by atoms with E-state index in [9.17, 15) is 14.4 Å². The minimum Gasteiger partial charge on any atom is -0.444 e. The first-order valence-electron chi connectivity index (χ1n) is 13.9. The van der Waals surface area contributed by atoms with Gasteiger partial charge in [0.25, 0.3) is 0 Å². The fourth-order valence-corrected chi connectivity index (χ4v) is 5.21. The normalized spacial score (nSPS) is 15.9. The predicted octanol–water partition coefficient (Wildman–Crippen LogP) is 5.33. The zero-order valence-corrected chi connectivity index (χ0v) is 23.7. The fraction of sp³-hybridized carbons (Fsp3) is 0.364. The zero-order valence-electron chi connectivity index (χ0n) is 23.7. The first-order chi connectivity index (χ1) is 19.1. The highest BCUT2D eigenvalue weighted by Gasteiger charge is 2.42. The number of carbonyl (C=O) groups excluding carboxylic acids is 3. The number of aryl methyl sites for hydroxylation is 1. The van der Waals surface area contributed by atoms with E-state index in [0.29, 0.717) is 25.9 Å². The molecule has 1 heterocycles. The van der Waals surface area contributed by atoms with Crippen molar-refractivity contribution in [3.8, 4) is 0 Å². The Hall–Kier alpha value is -4.13. The van der Waals surface area contributed by atoms with Gasteiger partial charge in [-0.05, 0) is 62.8 Å². The summed E-state index contributed by atoms with van der Waals surface area (Å²) < 4.78 is 5.58.